The van der Waals surface area contributed by atoms with Crippen molar-refractivity contribution in [1.82, 2.24) is 4.90 Å². The van der Waals surface area contributed by atoms with Crippen LogP contribution in [-0.4, -0.2) is 23.9 Å². The van der Waals surface area contributed by atoms with Crippen LogP contribution < -0.4 is 0 Å². The van der Waals surface area contributed by atoms with Gasteiger partial charge in [0.25, 0.3) is 0 Å². The van der Waals surface area contributed by atoms with Crippen molar-refractivity contribution in [2.45, 2.75) is 135 Å². The number of rotatable bonds is 18. The molecule has 2 nitrogen and oxygen atoms in total. The van der Waals surface area contributed by atoms with Gasteiger partial charge in [0, 0.05) is 19.5 Å². The molecular weight excluding hydrogens is 318 g/mol. The summed E-state index contributed by atoms with van der Waals surface area (Å²) in [6.07, 6.45) is 27.1. The van der Waals surface area contributed by atoms with Gasteiger partial charge in [-0.25, -0.2) is 0 Å². The fourth-order valence-electron chi connectivity index (χ4n) is 4.13. The summed E-state index contributed by atoms with van der Waals surface area (Å²) in [6.45, 7) is 4.31. The van der Waals surface area contributed by atoms with Crippen LogP contribution in [0.5, 0.6) is 0 Å². The molecule has 1 aliphatic heterocycles. The minimum absolute atomic E-state index is 0.396. The maximum atomic E-state index is 11.7. The lowest BCUT2D eigenvalue weighted by Gasteiger charge is -2.26. The van der Waals surface area contributed by atoms with E-state index in [9.17, 15) is 4.79 Å². The molecule has 0 aromatic rings. The highest BCUT2D eigenvalue weighted by molar-refractivity contribution is 5.76. The summed E-state index contributed by atoms with van der Waals surface area (Å²) in [4.78, 5) is 13.8. The van der Waals surface area contributed by atoms with Gasteiger partial charge in [0.15, 0.2) is 0 Å². The van der Waals surface area contributed by atoms with E-state index in [1.54, 1.807) is 0 Å². The first-order chi connectivity index (χ1) is 12.8. The molecule has 0 unspecified atom stereocenters. The number of carbonyl (C=O) groups is 1. The predicted octanol–water partition coefficient (Wildman–Crippen LogP) is 7.65. The van der Waals surface area contributed by atoms with E-state index in [4.69, 9.17) is 0 Å². The Hall–Kier alpha value is -0.530. The molecule has 0 spiro atoms. The quantitative estimate of drug-likeness (QED) is 0.228. The molecule has 0 saturated carbocycles. The zero-order valence-electron chi connectivity index (χ0n) is 17.9. The number of carbonyl (C=O) groups excluding carboxylic acids is 1. The molecule has 0 radical (unpaired) electrons. The maximum Gasteiger partial charge on any atom is 0.222 e. The maximum absolute atomic E-state index is 11.7. The van der Waals surface area contributed by atoms with Crippen LogP contribution in [0.3, 0.4) is 0 Å². The molecule has 26 heavy (non-hydrogen) atoms. The van der Waals surface area contributed by atoms with E-state index in [1.165, 1.54) is 116 Å². The summed E-state index contributed by atoms with van der Waals surface area (Å²) < 4.78 is 0. The Balaban J connectivity index is 1.70. The molecule has 0 bridgehead atoms. The molecule has 1 amide bonds. The van der Waals surface area contributed by atoms with Crippen LogP contribution in [-0.2, 0) is 4.79 Å². The average molecular weight is 366 g/mol. The van der Waals surface area contributed by atoms with E-state index in [0.29, 0.717) is 5.91 Å². The number of hydrogen-bond acceptors (Lipinski definition) is 1. The Morgan fingerprint density at radius 3 is 1.46 bits per heavy atom. The third-order valence-electron chi connectivity index (χ3n) is 5.95. The number of hydrogen-bond donors (Lipinski definition) is 0. The van der Waals surface area contributed by atoms with E-state index in [1.807, 2.05) is 0 Å². The number of nitrogens with zero attached hydrogens (tertiary/aromatic N) is 1. The molecule has 0 aromatic heterocycles. The van der Waals surface area contributed by atoms with Gasteiger partial charge in [-0.15, -0.1) is 0 Å². The minimum Gasteiger partial charge on any atom is -0.343 e. The first-order valence-corrected chi connectivity index (χ1v) is 12.1. The van der Waals surface area contributed by atoms with Crippen LogP contribution in [0.1, 0.15) is 135 Å². The van der Waals surface area contributed by atoms with Crippen molar-refractivity contribution >= 4 is 5.91 Å². The van der Waals surface area contributed by atoms with Crippen molar-refractivity contribution in [3.8, 4) is 0 Å². The lowest BCUT2D eigenvalue weighted by Crippen LogP contribution is -2.35. The van der Waals surface area contributed by atoms with Crippen molar-refractivity contribution < 1.29 is 4.79 Å². The van der Waals surface area contributed by atoms with Crippen LogP contribution in [0, 0.1) is 0 Å². The molecular formula is C24H47NO. The summed E-state index contributed by atoms with van der Waals surface area (Å²) in [7, 11) is 0. The fourth-order valence-corrected chi connectivity index (χ4v) is 4.13. The highest BCUT2D eigenvalue weighted by atomic mass is 16.2. The molecule has 1 aliphatic rings. The number of likely N-dealkylation sites (tertiary alicyclic amines) is 1. The lowest BCUT2D eigenvalue weighted by atomic mass is 10.0. The van der Waals surface area contributed by atoms with Crippen LogP contribution in [0.25, 0.3) is 0 Å². The molecule has 0 atom stereocenters. The monoisotopic (exact) mass is 365 g/mol. The van der Waals surface area contributed by atoms with Crippen LogP contribution in [0.4, 0.5) is 0 Å². The average Bonchev–Trinajstić information content (AvgIpc) is 2.65. The van der Waals surface area contributed by atoms with E-state index >= 15 is 0 Å². The molecule has 1 rings (SSSR count). The topological polar surface area (TPSA) is 20.3 Å². The molecule has 0 aromatic carbocycles. The summed E-state index contributed by atoms with van der Waals surface area (Å²) in [6, 6.07) is 0. The van der Waals surface area contributed by atoms with Gasteiger partial charge < -0.3 is 4.90 Å². The lowest BCUT2D eigenvalue weighted by molar-refractivity contribution is -0.133. The second kappa shape index (κ2) is 17.9. The zero-order chi connectivity index (χ0) is 18.7. The second-order valence-electron chi connectivity index (χ2n) is 8.49. The molecule has 0 N–H and O–H groups in total. The molecule has 154 valence electrons. The fraction of sp³-hybridized carbons (Fsp3) is 0.958. The van der Waals surface area contributed by atoms with Crippen LogP contribution in [0.2, 0.25) is 0 Å². The molecule has 1 saturated heterocycles. The highest BCUT2D eigenvalue weighted by Crippen LogP contribution is 2.15. The third kappa shape index (κ3) is 13.6. The number of amides is 1. The molecule has 2 heteroatoms. The largest absolute Gasteiger partial charge is 0.343 e. The van der Waals surface area contributed by atoms with Gasteiger partial charge in [-0.2, -0.15) is 0 Å². The van der Waals surface area contributed by atoms with Crippen molar-refractivity contribution in [1.29, 1.82) is 0 Å². The summed E-state index contributed by atoms with van der Waals surface area (Å²) >= 11 is 0. The Labute approximate surface area is 164 Å². The molecule has 1 heterocycles. The van der Waals surface area contributed by atoms with Gasteiger partial charge in [0.1, 0.15) is 0 Å². The van der Waals surface area contributed by atoms with Gasteiger partial charge in [-0.3, -0.25) is 4.79 Å². The van der Waals surface area contributed by atoms with Crippen molar-refractivity contribution in [2.75, 3.05) is 13.1 Å². The first-order valence-electron chi connectivity index (χ1n) is 12.1. The highest BCUT2D eigenvalue weighted by Gasteiger charge is 2.16. The van der Waals surface area contributed by atoms with E-state index in [-0.39, 0.29) is 0 Å². The van der Waals surface area contributed by atoms with Crippen molar-refractivity contribution in [2.24, 2.45) is 0 Å². The van der Waals surface area contributed by atoms with Crippen molar-refractivity contribution in [3.63, 3.8) is 0 Å². The Morgan fingerprint density at radius 2 is 1.04 bits per heavy atom. The zero-order valence-corrected chi connectivity index (χ0v) is 17.9. The van der Waals surface area contributed by atoms with Gasteiger partial charge in [0.05, 0.1) is 0 Å². The smallest absolute Gasteiger partial charge is 0.222 e. The Morgan fingerprint density at radius 1 is 0.615 bits per heavy atom. The summed E-state index contributed by atoms with van der Waals surface area (Å²) in [5.74, 6) is 0.396. The standard InChI is InChI=1S/C24H47NO/c1-2-3-4-5-6-7-8-9-10-11-12-13-14-15-16-17-19-22-25-23-20-18-21-24(25)26/h2-23H2,1H3. The molecule has 0 aliphatic carbocycles. The van der Waals surface area contributed by atoms with Gasteiger partial charge >= 0.3 is 0 Å². The summed E-state index contributed by atoms with van der Waals surface area (Å²) in [5, 5.41) is 0. The van der Waals surface area contributed by atoms with Gasteiger partial charge in [-0.05, 0) is 19.3 Å². The normalized spacial score (nSPS) is 15.0. The van der Waals surface area contributed by atoms with Crippen LogP contribution in [0.15, 0.2) is 0 Å². The Kier molecular flexibility index (Phi) is 16.2. The Bertz CT molecular complexity index is 315. The number of piperidine rings is 1. The van der Waals surface area contributed by atoms with Crippen LogP contribution >= 0.6 is 0 Å². The number of unbranched alkanes of at least 4 members (excludes halogenated alkanes) is 16. The molecule has 1 fully saturated rings. The second-order valence-corrected chi connectivity index (χ2v) is 8.49. The van der Waals surface area contributed by atoms with Gasteiger partial charge in [-0.1, -0.05) is 110 Å². The van der Waals surface area contributed by atoms with E-state index in [2.05, 4.69) is 11.8 Å². The van der Waals surface area contributed by atoms with E-state index in [0.717, 1.165) is 25.9 Å². The minimum atomic E-state index is 0.396. The predicted molar refractivity (Wildman–Crippen MR) is 115 cm³/mol. The van der Waals surface area contributed by atoms with Crippen molar-refractivity contribution in [3.05, 3.63) is 0 Å². The van der Waals surface area contributed by atoms with Gasteiger partial charge in [0.2, 0.25) is 5.91 Å². The first kappa shape index (κ1) is 23.5. The SMILES string of the molecule is CCCCCCCCCCCCCCCCCCCN1CCCCC1=O. The summed E-state index contributed by atoms with van der Waals surface area (Å²) in [5.41, 5.74) is 0. The van der Waals surface area contributed by atoms with E-state index < -0.39 is 0 Å². The third-order valence-corrected chi connectivity index (χ3v) is 5.95.